The normalized spacial score (nSPS) is 8.64. The van der Waals surface area contributed by atoms with Gasteiger partial charge in [0.2, 0.25) is 0 Å². The van der Waals surface area contributed by atoms with Crippen molar-refractivity contribution in [2.75, 3.05) is 0 Å². The Balaban J connectivity index is -0.0000000383. The van der Waals surface area contributed by atoms with Crippen LogP contribution >= 0.6 is 7.82 Å². The zero-order valence-corrected chi connectivity index (χ0v) is 6.72. The third-order valence-electron chi connectivity index (χ3n) is 0. The molecule has 0 aliphatic rings. The van der Waals surface area contributed by atoms with E-state index in [1.54, 1.807) is 0 Å². The predicted molar refractivity (Wildman–Crippen MR) is 16.9 cm³/mol. The summed E-state index contributed by atoms with van der Waals surface area (Å²) in [5, 5.41) is 0. The standard InChI is InChI=1S/CHF3.2Li.H3O4P/c2-1(3)4;;;1-5(2,3)4/h1H;;;(H3,1,2,3,4)/q;2*+1;/p-2. The fourth-order valence-electron chi connectivity index (χ4n) is 0. The summed E-state index contributed by atoms with van der Waals surface area (Å²) in [4.78, 5) is 24.3. The fourth-order valence-corrected chi connectivity index (χ4v) is 0. The molecular weight excluding hydrogens is 178 g/mol. The summed E-state index contributed by atoms with van der Waals surface area (Å²) >= 11 is 0. The van der Waals surface area contributed by atoms with E-state index in [4.69, 9.17) is 19.2 Å². The molecule has 0 aliphatic heterocycles. The van der Waals surface area contributed by atoms with Gasteiger partial charge in [-0.1, -0.05) is 0 Å². The first-order chi connectivity index (χ1) is 3.73. The van der Waals surface area contributed by atoms with Crippen LogP contribution in [-0.4, -0.2) is 11.6 Å². The Kier molecular flexibility index (Phi) is 22.9. The number of hydrogen-bond acceptors (Lipinski definition) is 3. The van der Waals surface area contributed by atoms with Crippen molar-refractivity contribution in [1.29, 1.82) is 0 Å². The maximum Gasteiger partial charge on any atom is 1.00 e. The molecule has 0 aromatic heterocycles. The molecule has 0 fully saturated rings. The van der Waals surface area contributed by atoms with Crippen LogP contribution < -0.4 is 47.5 Å². The second-order valence-electron chi connectivity index (χ2n) is 0.716. The van der Waals surface area contributed by atoms with Crippen LogP contribution in [0.5, 0.6) is 0 Å². The quantitative estimate of drug-likeness (QED) is 0.296. The average Bonchev–Trinajstić information content (AvgIpc) is 1.19. The number of alkyl halides is 3. The monoisotopic (exact) mass is 180 g/mol. The van der Waals surface area contributed by atoms with Crippen molar-refractivity contribution in [2.24, 2.45) is 0 Å². The van der Waals surface area contributed by atoms with Gasteiger partial charge in [0.25, 0.3) is 0 Å². The summed E-state index contributed by atoms with van der Waals surface area (Å²) in [6, 6.07) is 0. The van der Waals surface area contributed by atoms with Crippen LogP contribution in [0.2, 0.25) is 0 Å². The van der Waals surface area contributed by atoms with E-state index in [-0.39, 0.29) is 37.7 Å². The van der Waals surface area contributed by atoms with Gasteiger partial charge in [0.1, 0.15) is 0 Å². The summed E-state index contributed by atoms with van der Waals surface area (Å²) in [6.45, 7) is -3.67. The summed E-state index contributed by atoms with van der Waals surface area (Å²) in [7, 11) is -5.14. The van der Waals surface area contributed by atoms with Crippen molar-refractivity contribution < 1.29 is 70.1 Å². The first-order valence-corrected chi connectivity index (χ1v) is 2.90. The Morgan fingerprint density at radius 1 is 1.18 bits per heavy atom. The molecule has 0 amide bonds. The van der Waals surface area contributed by atoms with Gasteiger partial charge in [0.15, 0.2) is 0 Å². The zero-order valence-electron chi connectivity index (χ0n) is 5.83. The van der Waals surface area contributed by atoms with Crippen LogP contribution in [-0.2, 0) is 4.57 Å². The van der Waals surface area contributed by atoms with Gasteiger partial charge >= 0.3 is 44.4 Å². The van der Waals surface area contributed by atoms with Gasteiger partial charge < -0.3 is 19.2 Å². The first kappa shape index (κ1) is 22.7. The maximum absolute atomic E-state index is 9.67. The Hall–Kier alpha value is 1.09. The third kappa shape index (κ3) is 766. The van der Waals surface area contributed by atoms with Crippen LogP contribution in [0.1, 0.15) is 0 Å². The minimum atomic E-state index is -5.14. The van der Waals surface area contributed by atoms with Gasteiger partial charge in [0.05, 0.1) is 7.82 Å². The Bertz CT molecular complexity index is 94.5. The molecule has 0 rings (SSSR count). The molecule has 0 aromatic carbocycles. The second-order valence-corrected chi connectivity index (χ2v) is 1.65. The number of hydrogen-bond donors (Lipinski definition) is 1. The van der Waals surface area contributed by atoms with Crippen LogP contribution in [0, 0.1) is 0 Å². The van der Waals surface area contributed by atoms with Gasteiger partial charge in [0, 0.05) is 0 Å². The number of rotatable bonds is 0. The summed E-state index contributed by atoms with van der Waals surface area (Å²) < 4.78 is 37.7. The molecule has 0 bridgehead atoms. The minimum Gasteiger partial charge on any atom is -0.790 e. The Morgan fingerprint density at radius 2 is 1.18 bits per heavy atom. The van der Waals surface area contributed by atoms with Gasteiger partial charge in [-0.05, 0) is 0 Å². The van der Waals surface area contributed by atoms with E-state index in [2.05, 4.69) is 0 Å². The van der Waals surface area contributed by atoms with E-state index < -0.39 is 14.5 Å². The van der Waals surface area contributed by atoms with Crippen LogP contribution in [0.15, 0.2) is 0 Å². The van der Waals surface area contributed by atoms with Crippen molar-refractivity contribution in [3.8, 4) is 0 Å². The minimum absolute atomic E-state index is 0. The number of halogens is 3. The van der Waals surface area contributed by atoms with Crippen LogP contribution in [0.4, 0.5) is 13.2 Å². The largest absolute Gasteiger partial charge is 1.00 e. The van der Waals surface area contributed by atoms with Gasteiger partial charge in [-0.25, -0.2) is 0 Å². The van der Waals surface area contributed by atoms with Crippen molar-refractivity contribution in [2.45, 2.75) is 6.68 Å². The maximum atomic E-state index is 9.67. The third-order valence-corrected chi connectivity index (χ3v) is 0. The van der Waals surface area contributed by atoms with E-state index in [1.165, 1.54) is 0 Å². The second kappa shape index (κ2) is 11.1. The van der Waals surface area contributed by atoms with Crippen LogP contribution in [0.3, 0.4) is 0 Å². The molecule has 0 saturated carbocycles. The molecule has 11 heavy (non-hydrogen) atoms. The molecule has 0 aliphatic carbocycles. The molecule has 0 aromatic rings. The van der Waals surface area contributed by atoms with Gasteiger partial charge in [-0.2, -0.15) is 13.2 Å². The molecule has 0 unspecified atom stereocenters. The molecule has 1 N–H and O–H groups in total. The van der Waals surface area contributed by atoms with E-state index in [9.17, 15) is 13.2 Å². The van der Waals surface area contributed by atoms with E-state index in [0.717, 1.165) is 0 Å². The SMILES string of the molecule is FC(F)F.O=P([O-])([O-])O.[Li+].[Li+]. The molecule has 0 saturated heterocycles. The van der Waals surface area contributed by atoms with E-state index in [1.807, 2.05) is 0 Å². The molecule has 0 spiro atoms. The molecule has 4 nitrogen and oxygen atoms in total. The van der Waals surface area contributed by atoms with Gasteiger partial charge in [-0.15, -0.1) is 0 Å². The zero-order chi connectivity index (χ0) is 8.08. The summed E-state index contributed by atoms with van der Waals surface area (Å²) in [6.07, 6.45) is 0. The molecular formula is CH2F3Li2O4P. The molecule has 0 radical (unpaired) electrons. The number of phosphoric acid groups is 1. The van der Waals surface area contributed by atoms with Crippen molar-refractivity contribution in [1.82, 2.24) is 0 Å². The fraction of sp³-hybridized carbons (Fsp3) is 1.00. The summed E-state index contributed by atoms with van der Waals surface area (Å²) in [5.41, 5.74) is 0. The molecule has 10 heteroatoms. The van der Waals surface area contributed by atoms with Gasteiger partial charge in [-0.3, -0.25) is 0 Å². The van der Waals surface area contributed by atoms with Crippen molar-refractivity contribution >= 4 is 7.82 Å². The summed E-state index contributed by atoms with van der Waals surface area (Å²) in [5.74, 6) is 0. The predicted octanol–water partition coefficient (Wildman–Crippen LogP) is -7.01. The smallest absolute Gasteiger partial charge is 0.790 e. The average molecular weight is 180 g/mol. The first-order valence-electron chi connectivity index (χ1n) is 1.40. The van der Waals surface area contributed by atoms with Crippen molar-refractivity contribution in [3.05, 3.63) is 0 Å². The Labute approximate surface area is 84.8 Å². The van der Waals surface area contributed by atoms with E-state index in [0.29, 0.717) is 0 Å². The Morgan fingerprint density at radius 3 is 1.18 bits per heavy atom. The molecule has 0 atom stereocenters. The molecule has 0 heterocycles. The van der Waals surface area contributed by atoms with Crippen molar-refractivity contribution in [3.63, 3.8) is 0 Å². The van der Waals surface area contributed by atoms with Crippen LogP contribution in [0.25, 0.3) is 0 Å². The van der Waals surface area contributed by atoms with E-state index >= 15 is 0 Å². The topological polar surface area (TPSA) is 83.4 Å². The molecule has 58 valence electrons.